The van der Waals surface area contributed by atoms with Crippen LogP contribution in [0.15, 0.2) is 54.6 Å². The van der Waals surface area contributed by atoms with Crippen LogP contribution in [0, 0.1) is 15.9 Å². The Kier molecular flexibility index (Phi) is 6.30. The summed E-state index contributed by atoms with van der Waals surface area (Å²) in [7, 11) is 1.58. The summed E-state index contributed by atoms with van der Waals surface area (Å²) in [6, 6.07) is 13.1. The second-order valence-corrected chi connectivity index (χ2v) is 6.21. The molecule has 0 radical (unpaired) electrons. The first-order valence-electron chi connectivity index (χ1n) is 8.87. The molecule has 1 heterocycles. The Balaban J connectivity index is 2.00. The molecule has 0 fully saturated rings. The fraction of sp³-hybridized carbons (Fsp3) is 0.200. The minimum atomic E-state index is -0.515. The third-order valence-electron chi connectivity index (χ3n) is 4.18. The van der Waals surface area contributed by atoms with Gasteiger partial charge in [0.25, 0.3) is 11.6 Å². The van der Waals surface area contributed by atoms with Crippen molar-refractivity contribution in [1.29, 1.82) is 0 Å². The molecule has 0 atom stereocenters. The predicted octanol–water partition coefficient (Wildman–Crippen LogP) is 3.35. The summed E-state index contributed by atoms with van der Waals surface area (Å²) in [5, 5.41) is 18.3. The van der Waals surface area contributed by atoms with Gasteiger partial charge >= 0.3 is 0 Å². The van der Waals surface area contributed by atoms with Crippen LogP contribution in [0.3, 0.4) is 0 Å². The van der Waals surface area contributed by atoms with Gasteiger partial charge < -0.3 is 10.1 Å². The molecule has 3 aromatic rings. The van der Waals surface area contributed by atoms with Crippen LogP contribution in [-0.4, -0.2) is 40.9 Å². The van der Waals surface area contributed by atoms with Crippen molar-refractivity contribution in [2.24, 2.45) is 0 Å². The van der Waals surface area contributed by atoms with E-state index in [4.69, 9.17) is 4.74 Å². The SMILES string of the molecule is COCCCNC(=O)c1cc(-c2ccc(F)cc2)nn1-c1cccc([N+](=O)[O-])c1. The molecule has 0 aliphatic carbocycles. The normalized spacial score (nSPS) is 10.7. The van der Waals surface area contributed by atoms with Gasteiger partial charge in [0.1, 0.15) is 11.5 Å². The number of nitrogens with one attached hydrogen (secondary N) is 1. The third-order valence-corrected chi connectivity index (χ3v) is 4.18. The molecule has 0 aliphatic rings. The van der Waals surface area contributed by atoms with Crippen molar-refractivity contribution < 1.29 is 18.8 Å². The number of hydrogen-bond donors (Lipinski definition) is 1. The van der Waals surface area contributed by atoms with E-state index >= 15 is 0 Å². The molecule has 0 spiro atoms. The summed E-state index contributed by atoms with van der Waals surface area (Å²) < 4.78 is 19.5. The quantitative estimate of drug-likeness (QED) is 0.356. The highest BCUT2D eigenvalue weighted by molar-refractivity contribution is 5.94. The summed E-state index contributed by atoms with van der Waals surface area (Å²) in [5.41, 5.74) is 1.52. The monoisotopic (exact) mass is 398 g/mol. The zero-order chi connectivity index (χ0) is 20.8. The maximum Gasteiger partial charge on any atom is 0.271 e. The maximum absolute atomic E-state index is 13.2. The van der Waals surface area contributed by atoms with Gasteiger partial charge in [-0.1, -0.05) is 6.07 Å². The first kappa shape index (κ1) is 20.2. The molecule has 0 aliphatic heterocycles. The predicted molar refractivity (Wildman–Crippen MR) is 104 cm³/mol. The summed E-state index contributed by atoms with van der Waals surface area (Å²) in [6.07, 6.45) is 0.637. The molecule has 0 saturated carbocycles. The molecule has 150 valence electrons. The number of benzene rings is 2. The minimum Gasteiger partial charge on any atom is -0.385 e. The minimum absolute atomic E-state index is 0.118. The summed E-state index contributed by atoms with van der Waals surface area (Å²) in [5.74, 6) is -0.767. The number of carbonyl (C=O) groups excluding carboxylic acids is 1. The number of aromatic nitrogens is 2. The lowest BCUT2D eigenvalue weighted by atomic mass is 10.1. The second kappa shape index (κ2) is 9.07. The van der Waals surface area contributed by atoms with Crippen molar-refractivity contribution in [3.8, 4) is 16.9 Å². The van der Waals surface area contributed by atoms with Crippen LogP contribution in [0.1, 0.15) is 16.9 Å². The van der Waals surface area contributed by atoms with Gasteiger partial charge in [0.05, 0.1) is 16.3 Å². The third kappa shape index (κ3) is 4.82. The topological polar surface area (TPSA) is 99.3 Å². The van der Waals surface area contributed by atoms with Crippen molar-refractivity contribution in [2.75, 3.05) is 20.3 Å². The van der Waals surface area contributed by atoms with E-state index in [1.165, 1.54) is 35.0 Å². The highest BCUT2D eigenvalue weighted by Crippen LogP contribution is 2.24. The van der Waals surface area contributed by atoms with Gasteiger partial charge in [-0.2, -0.15) is 5.10 Å². The molecular weight excluding hydrogens is 379 g/mol. The summed E-state index contributed by atoms with van der Waals surface area (Å²) in [6.45, 7) is 0.907. The van der Waals surface area contributed by atoms with Crippen LogP contribution in [-0.2, 0) is 4.74 Å². The number of methoxy groups -OCH3 is 1. The molecule has 1 amide bonds. The van der Waals surface area contributed by atoms with Crippen LogP contribution >= 0.6 is 0 Å². The number of non-ortho nitro benzene ring substituents is 1. The zero-order valence-electron chi connectivity index (χ0n) is 15.7. The first-order chi connectivity index (χ1) is 14.0. The number of nitrogens with zero attached hydrogens (tertiary/aromatic N) is 3. The van der Waals surface area contributed by atoms with E-state index in [1.54, 1.807) is 31.4 Å². The van der Waals surface area contributed by atoms with E-state index in [9.17, 15) is 19.3 Å². The van der Waals surface area contributed by atoms with Crippen molar-refractivity contribution in [2.45, 2.75) is 6.42 Å². The van der Waals surface area contributed by atoms with Gasteiger partial charge in [-0.25, -0.2) is 9.07 Å². The van der Waals surface area contributed by atoms with Crippen molar-refractivity contribution in [3.63, 3.8) is 0 Å². The number of nitro benzene ring substituents is 1. The van der Waals surface area contributed by atoms with Crippen LogP contribution in [0.25, 0.3) is 16.9 Å². The van der Waals surface area contributed by atoms with Crippen LogP contribution in [0.4, 0.5) is 10.1 Å². The average molecular weight is 398 g/mol. The Bertz CT molecular complexity index is 1020. The van der Waals surface area contributed by atoms with E-state index in [2.05, 4.69) is 10.4 Å². The van der Waals surface area contributed by atoms with Gasteiger partial charge in [-0.15, -0.1) is 0 Å². The fourth-order valence-corrected chi connectivity index (χ4v) is 2.75. The second-order valence-electron chi connectivity index (χ2n) is 6.21. The van der Waals surface area contributed by atoms with Crippen LogP contribution < -0.4 is 5.32 Å². The molecular formula is C20H19FN4O4. The number of amides is 1. The van der Waals surface area contributed by atoms with E-state index < -0.39 is 4.92 Å². The Labute approximate surface area is 166 Å². The number of carbonyl (C=O) groups is 1. The number of halogens is 1. The molecule has 3 rings (SSSR count). The van der Waals surface area contributed by atoms with Crippen LogP contribution in [0.5, 0.6) is 0 Å². The maximum atomic E-state index is 13.2. The van der Waals surface area contributed by atoms with E-state index in [0.717, 1.165) is 0 Å². The Hall–Kier alpha value is -3.59. The van der Waals surface area contributed by atoms with Crippen molar-refractivity contribution >= 4 is 11.6 Å². The lowest BCUT2D eigenvalue weighted by Gasteiger charge is -2.08. The summed E-state index contributed by atoms with van der Waals surface area (Å²) >= 11 is 0. The highest BCUT2D eigenvalue weighted by Gasteiger charge is 2.19. The van der Waals surface area contributed by atoms with Gasteiger partial charge in [0, 0.05) is 38.0 Å². The molecule has 9 heteroatoms. The van der Waals surface area contributed by atoms with Gasteiger partial charge in [-0.05, 0) is 42.8 Å². The number of rotatable bonds is 8. The van der Waals surface area contributed by atoms with E-state index in [0.29, 0.717) is 36.5 Å². The van der Waals surface area contributed by atoms with Gasteiger partial charge in [0.2, 0.25) is 0 Å². The van der Waals surface area contributed by atoms with Gasteiger partial charge in [-0.3, -0.25) is 14.9 Å². The molecule has 0 unspecified atom stereocenters. The van der Waals surface area contributed by atoms with E-state index in [-0.39, 0.29) is 23.1 Å². The number of hydrogen-bond acceptors (Lipinski definition) is 5. The summed E-state index contributed by atoms with van der Waals surface area (Å²) in [4.78, 5) is 23.3. The zero-order valence-corrected chi connectivity index (χ0v) is 15.7. The molecule has 1 aromatic heterocycles. The van der Waals surface area contributed by atoms with Gasteiger partial charge in [0.15, 0.2) is 0 Å². The molecule has 1 N–H and O–H groups in total. The molecule has 2 aromatic carbocycles. The van der Waals surface area contributed by atoms with E-state index in [1.807, 2.05) is 0 Å². The fourth-order valence-electron chi connectivity index (χ4n) is 2.75. The van der Waals surface area contributed by atoms with Crippen molar-refractivity contribution in [1.82, 2.24) is 15.1 Å². The lowest BCUT2D eigenvalue weighted by molar-refractivity contribution is -0.384. The highest BCUT2D eigenvalue weighted by atomic mass is 19.1. The Morgan fingerprint density at radius 1 is 1.24 bits per heavy atom. The molecule has 8 nitrogen and oxygen atoms in total. The van der Waals surface area contributed by atoms with Crippen molar-refractivity contribution in [3.05, 3.63) is 76.2 Å². The largest absolute Gasteiger partial charge is 0.385 e. The molecule has 0 bridgehead atoms. The number of nitro groups is 1. The Morgan fingerprint density at radius 3 is 2.69 bits per heavy atom. The standard InChI is InChI=1S/C20H19FN4O4/c1-29-11-3-10-22-20(26)19-13-18(14-6-8-15(21)9-7-14)23-24(19)16-4-2-5-17(12-16)25(27)28/h2,4-9,12-13H,3,10-11H2,1H3,(H,22,26). The smallest absolute Gasteiger partial charge is 0.271 e. The Morgan fingerprint density at radius 2 is 2.00 bits per heavy atom. The van der Waals surface area contributed by atoms with Crippen LogP contribution in [0.2, 0.25) is 0 Å². The number of ether oxygens (including phenoxy) is 1. The lowest BCUT2D eigenvalue weighted by Crippen LogP contribution is -2.27. The molecule has 29 heavy (non-hydrogen) atoms. The first-order valence-corrected chi connectivity index (χ1v) is 8.87. The molecule has 0 saturated heterocycles. The average Bonchev–Trinajstić information content (AvgIpc) is 3.17.